The van der Waals surface area contributed by atoms with Gasteiger partial charge in [0.25, 0.3) is 5.91 Å². The average Bonchev–Trinajstić information content (AvgIpc) is 3.35. The van der Waals surface area contributed by atoms with Gasteiger partial charge >= 0.3 is 0 Å². The third-order valence-corrected chi connectivity index (χ3v) is 8.65. The fourth-order valence-corrected chi connectivity index (χ4v) is 6.40. The molecule has 3 aromatic carbocycles. The zero-order chi connectivity index (χ0) is 27.5. The van der Waals surface area contributed by atoms with Crippen molar-refractivity contribution in [3.05, 3.63) is 101 Å². The molecular formula is C33H32N4O2S. The van der Waals surface area contributed by atoms with Crippen molar-refractivity contribution < 1.29 is 9.53 Å². The maximum atomic E-state index is 13.5. The van der Waals surface area contributed by atoms with E-state index in [0.717, 1.165) is 70.8 Å². The van der Waals surface area contributed by atoms with Gasteiger partial charge < -0.3 is 15.8 Å². The number of carbonyl (C=O) groups excluding carboxylic acids is 1. The second-order valence-corrected chi connectivity index (χ2v) is 11.2. The third-order valence-electron chi connectivity index (χ3n) is 7.55. The molecule has 202 valence electrons. The van der Waals surface area contributed by atoms with Gasteiger partial charge in [0.05, 0.1) is 18.5 Å². The number of nitrogens with one attached hydrogen (secondary N) is 1. The first-order valence-electron chi connectivity index (χ1n) is 13.6. The van der Waals surface area contributed by atoms with E-state index in [0.29, 0.717) is 10.6 Å². The lowest BCUT2D eigenvalue weighted by Gasteiger charge is -2.32. The number of likely N-dealkylation sites (tertiary alicyclic amines) is 1. The molecule has 0 unspecified atom stereocenters. The van der Waals surface area contributed by atoms with Crippen LogP contribution in [0, 0.1) is 0 Å². The maximum Gasteiger partial charge on any atom is 0.263 e. The monoisotopic (exact) mass is 548 g/mol. The molecule has 0 saturated carbocycles. The number of amides is 1. The van der Waals surface area contributed by atoms with Crippen LogP contribution in [0.3, 0.4) is 0 Å². The molecule has 2 aromatic heterocycles. The second-order valence-electron chi connectivity index (χ2n) is 10.2. The molecule has 0 radical (unpaired) electrons. The Morgan fingerprint density at radius 3 is 2.33 bits per heavy atom. The summed E-state index contributed by atoms with van der Waals surface area (Å²) in [6.45, 7) is 2.84. The number of hydrogen-bond acceptors (Lipinski definition) is 6. The highest BCUT2D eigenvalue weighted by Crippen LogP contribution is 2.41. The molecule has 3 N–H and O–H groups in total. The molecule has 1 aliphatic heterocycles. The summed E-state index contributed by atoms with van der Waals surface area (Å²) in [4.78, 5) is 22.2. The summed E-state index contributed by atoms with van der Waals surface area (Å²) in [7, 11) is 1.65. The standard InChI is InChI=1S/C33H32N4O2S/c1-39-26-14-12-23(13-15-26)27-20-28(24-10-6-3-7-11-24)36-33-29(27)30(34)31(40-33)32(38)35-25-16-18-37(19-17-25)21-22-8-4-2-5-9-22/h2-15,20,25H,16-19,21,34H2,1H3,(H,35,38). The van der Waals surface area contributed by atoms with Gasteiger partial charge in [-0.1, -0.05) is 72.8 Å². The van der Waals surface area contributed by atoms with Crippen LogP contribution in [0.25, 0.3) is 32.6 Å². The Hall–Kier alpha value is -4.20. The number of thiophene rings is 1. The van der Waals surface area contributed by atoms with Crippen molar-refractivity contribution in [2.24, 2.45) is 0 Å². The summed E-state index contributed by atoms with van der Waals surface area (Å²) in [6, 6.07) is 30.7. The fourth-order valence-electron chi connectivity index (χ4n) is 5.37. The maximum absolute atomic E-state index is 13.5. The van der Waals surface area contributed by atoms with E-state index in [1.54, 1.807) is 7.11 Å². The number of pyridine rings is 1. The largest absolute Gasteiger partial charge is 0.497 e. The summed E-state index contributed by atoms with van der Waals surface area (Å²) < 4.78 is 5.36. The van der Waals surface area contributed by atoms with E-state index in [4.69, 9.17) is 15.5 Å². The number of methoxy groups -OCH3 is 1. The molecule has 5 aromatic rings. The van der Waals surface area contributed by atoms with Crippen LogP contribution in [0.1, 0.15) is 28.1 Å². The van der Waals surface area contributed by atoms with Crippen LogP contribution in [0.4, 0.5) is 5.69 Å². The van der Waals surface area contributed by atoms with Crippen molar-refractivity contribution in [3.8, 4) is 28.1 Å². The number of rotatable bonds is 7. The zero-order valence-corrected chi connectivity index (χ0v) is 23.3. The van der Waals surface area contributed by atoms with Crippen molar-refractivity contribution in [2.75, 3.05) is 25.9 Å². The Morgan fingerprint density at radius 2 is 1.65 bits per heavy atom. The number of nitrogen functional groups attached to an aromatic ring is 1. The van der Waals surface area contributed by atoms with E-state index in [2.05, 4.69) is 40.5 Å². The highest BCUT2D eigenvalue weighted by atomic mass is 32.1. The Labute approximate surface area is 238 Å². The van der Waals surface area contributed by atoms with E-state index in [1.807, 2.05) is 60.7 Å². The molecule has 0 aliphatic carbocycles. The van der Waals surface area contributed by atoms with Gasteiger partial charge in [-0.15, -0.1) is 11.3 Å². The Balaban J connectivity index is 1.27. The molecule has 1 aliphatic rings. The quantitative estimate of drug-likeness (QED) is 0.239. The van der Waals surface area contributed by atoms with Crippen LogP contribution in [0.15, 0.2) is 91.0 Å². The van der Waals surface area contributed by atoms with Gasteiger partial charge in [-0.2, -0.15) is 0 Å². The van der Waals surface area contributed by atoms with E-state index < -0.39 is 0 Å². The molecule has 0 spiro atoms. The van der Waals surface area contributed by atoms with Crippen LogP contribution in [-0.2, 0) is 6.54 Å². The number of nitrogens with two attached hydrogens (primary N) is 1. The molecule has 40 heavy (non-hydrogen) atoms. The number of fused-ring (bicyclic) bond motifs is 1. The van der Waals surface area contributed by atoms with Crippen LogP contribution < -0.4 is 15.8 Å². The summed E-state index contributed by atoms with van der Waals surface area (Å²) in [5, 5.41) is 4.08. The Bertz CT molecular complexity index is 1610. The van der Waals surface area contributed by atoms with Crippen molar-refractivity contribution >= 4 is 33.1 Å². The highest BCUT2D eigenvalue weighted by Gasteiger charge is 2.25. The van der Waals surface area contributed by atoms with Crippen molar-refractivity contribution in [1.82, 2.24) is 15.2 Å². The first-order chi connectivity index (χ1) is 19.6. The lowest BCUT2D eigenvalue weighted by molar-refractivity contribution is 0.0914. The van der Waals surface area contributed by atoms with Crippen LogP contribution in [0.2, 0.25) is 0 Å². The topological polar surface area (TPSA) is 80.5 Å². The van der Waals surface area contributed by atoms with Crippen LogP contribution >= 0.6 is 11.3 Å². The van der Waals surface area contributed by atoms with Crippen molar-refractivity contribution in [2.45, 2.75) is 25.4 Å². The van der Waals surface area contributed by atoms with Gasteiger partial charge in [0, 0.05) is 36.6 Å². The number of carbonyl (C=O) groups is 1. The molecule has 3 heterocycles. The van der Waals surface area contributed by atoms with E-state index in [9.17, 15) is 4.79 Å². The third kappa shape index (κ3) is 5.43. The minimum atomic E-state index is -0.121. The average molecular weight is 549 g/mol. The lowest BCUT2D eigenvalue weighted by Crippen LogP contribution is -2.44. The molecule has 1 saturated heterocycles. The van der Waals surface area contributed by atoms with Gasteiger partial charge in [-0.25, -0.2) is 4.98 Å². The number of hydrogen-bond donors (Lipinski definition) is 2. The first kappa shape index (κ1) is 26.0. The van der Waals surface area contributed by atoms with E-state index >= 15 is 0 Å². The Morgan fingerprint density at radius 1 is 0.975 bits per heavy atom. The second kappa shape index (κ2) is 11.5. The molecule has 1 fully saturated rings. The first-order valence-corrected chi connectivity index (χ1v) is 14.4. The van der Waals surface area contributed by atoms with Gasteiger partial charge in [0.1, 0.15) is 15.5 Å². The van der Waals surface area contributed by atoms with Gasteiger partial charge in [-0.05, 0) is 47.7 Å². The molecule has 1 amide bonds. The molecule has 0 atom stereocenters. The summed E-state index contributed by atoms with van der Waals surface area (Å²) in [6.07, 6.45) is 1.83. The predicted molar refractivity (Wildman–Crippen MR) is 164 cm³/mol. The number of nitrogens with zero attached hydrogens (tertiary/aromatic N) is 2. The number of piperidine rings is 1. The highest BCUT2D eigenvalue weighted by molar-refractivity contribution is 7.21. The van der Waals surface area contributed by atoms with Crippen molar-refractivity contribution in [1.29, 1.82) is 0 Å². The SMILES string of the molecule is COc1ccc(-c2cc(-c3ccccc3)nc3sc(C(=O)NC4CCN(Cc5ccccc5)CC4)c(N)c23)cc1. The van der Waals surface area contributed by atoms with Gasteiger partial charge in [0.15, 0.2) is 0 Å². The predicted octanol–water partition coefficient (Wildman–Crippen LogP) is 6.62. The van der Waals surface area contributed by atoms with Crippen LogP contribution in [0.5, 0.6) is 5.75 Å². The van der Waals surface area contributed by atoms with Gasteiger partial charge in [0.2, 0.25) is 0 Å². The van der Waals surface area contributed by atoms with E-state index in [-0.39, 0.29) is 11.9 Å². The minimum Gasteiger partial charge on any atom is -0.497 e. The Kier molecular flexibility index (Phi) is 7.49. The smallest absolute Gasteiger partial charge is 0.263 e. The molecular weight excluding hydrogens is 516 g/mol. The number of benzene rings is 3. The fraction of sp³-hybridized carbons (Fsp3) is 0.212. The normalized spacial score (nSPS) is 14.3. The number of aromatic nitrogens is 1. The number of ether oxygens (including phenoxy) is 1. The van der Waals surface area contributed by atoms with Crippen LogP contribution in [-0.4, -0.2) is 42.0 Å². The number of anilines is 1. The zero-order valence-electron chi connectivity index (χ0n) is 22.5. The summed E-state index contributed by atoms with van der Waals surface area (Å²) in [5.74, 6) is 0.662. The van der Waals surface area contributed by atoms with Gasteiger partial charge in [-0.3, -0.25) is 9.69 Å². The summed E-state index contributed by atoms with van der Waals surface area (Å²) >= 11 is 1.36. The lowest BCUT2D eigenvalue weighted by atomic mass is 9.99. The molecule has 7 heteroatoms. The minimum absolute atomic E-state index is 0.121. The molecule has 0 bridgehead atoms. The van der Waals surface area contributed by atoms with E-state index in [1.165, 1.54) is 16.9 Å². The van der Waals surface area contributed by atoms with Crippen molar-refractivity contribution in [3.63, 3.8) is 0 Å². The summed E-state index contributed by atoms with van der Waals surface area (Å²) in [5.41, 5.74) is 12.3. The molecule has 6 nitrogen and oxygen atoms in total. The molecule has 6 rings (SSSR count).